The van der Waals surface area contributed by atoms with Crippen LogP contribution in [0.25, 0.3) is 0 Å². The van der Waals surface area contributed by atoms with Gasteiger partial charge in [0.1, 0.15) is 8.07 Å². The first-order chi connectivity index (χ1) is 10.6. The van der Waals surface area contributed by atoms with Gasteiger partial charge in [-0.15, -0.1) is 5.73 Å². The third-order valence-corrected chi connectivity index (χ3v) is 7.06. The van der Waals surface area contributed by atoms with Crippen molar-refractivity contribution in [3.05, 3.63) is 46.7 Å². The molecule has 0 heterocycles. The second-order valence-corrected chi connectivity index (χ2v) is 11.6. The maximum Gasteiger partial charge on any atom is 0.494 e. The molecule has 0 aromatic heterocycles. The van der Waals surface area contributed by atoms with Crippen LogP contribution in [0, 0.1) is 0 Å². The van der Waals surface area contributed by atoms with Crippen molar-refractivity contribution in [1.82, 2.24) is 0 Å². The first-order valence-electron chi connectivity index (χ1n) is 8.45. The highest BCUT2D eigenvalue weighted by Crippen LogP contribution is 2.21. The van der Waals surface area contributed by atoms with E-state index in [0.717, 1.165) is 5.57 Å². The van der Waals surface area contributed by atoms with Crippen LogP contribution >= 0.6 is 0 Å². The zero-order valence-electron chi connectivity index (χ0n) is 15.9. The van der Waals surface area contributed by atoms with Gasteiger partial charge in [0.05, 0.1) is 0 Å². The quantitative estimate of drug-likeness (QED) is 0.541. The van der Waals surface area contributed by atoms with Crippen molar-refractivity contribution in [2.75, 3.05) is 0 Å². The van der Waals surface area contributed by atoms with Gasteiger partial charge in [0, 0.05) is 12.2 Å². The van der Waals surface area contributed by atoms with Gasteiger partial charge >= 0.3 is 7.12 Å². The van der Waals surface area contributed by atoms with E-state index in [-0.39, 0.29) is 19.3 Å². The van der Waals surface area contributed by atoms with E-state index in [2.05, 4.69) is 63.0 Å². The predicted molar refractivity (Wildman–Crippen MR) is 104 cm³/mol. The molecule has 23 heavy (non-hydrogen) atoms. The summed E-state index contributed by atoms with van der Waals surface area (Å²) in [7, 11) is -2.27. The standard InChI is InChI=1S/C19H31BO2Si/c1-15(2)14-19(20(21-16(3)4)22-17(5)6)23(7,8)18-12-10-9-11-13-18/h9-13,16-17H,1-8H3. The lowest BCUT2D eigenvalue weighted by molar-refractivity contribution is 0.137. The van der Waals surface area contributed by atoms with E-state index in [9.17, 15) is 0 Å². The molecule has 1 aromatic carbocycles. The van der Waals surface area contributed by atoms with Crippen molar-refractivity contribution in [2.24, 2.45) is 0 Å². The summed E-state index contributed by atoms with van der Waals surface area (Å²) >= 11 is 0. The summed E-state index contributed by atoms with van der Waals surface area (Å²) in [6, 6.07) is 10.7. The lowest BCUT2D eigenvalue weighted by Crippen LogP contribution is -2.51. The average molecular weight is 330 g/mol. The van der Waals surface area contributed by atoms with E-state index in [4.69, 9.17) is 9.31 Å². The van der Waals surface area contributed by atoms with Crippen LogP contribution in [0.1, 0.15) is 41.5 Å². The van der Waals surface area contributed by atoms with Crippen LogP contribution in [0.3, 0.4) is 0 Å². The Morgan fingerprint density at radius 2 is 1.43 bits per heavy atom. The molecular formula is C19H31BO2Si. The van der Waals surface area contributed by atoms with Gasteiger partial charge in [-0.05, 0) is 52.2 Å². The number of hydrogen-bond donors (Lipinski definition) is 0. The van der Waals surface area contributed by atoms with Crippen LogP contribution in [0.4, 0.5) is 0 Å². The predicted octanol–water partition coefficient (Wildman–Crippen LogP) is 4.51. The molecule has 1 aromatic rings. The largest absolute Gasteiger partial charge is 0.494 e. The van der Waals surface area contributed by atoms with E-state index in [1.54, 1.807) is 0 Å². The summed E-state index contributed by atoms with van der Waals surface area (Å²) < 4.78 is 12.3. The molecule has 0 aliphatic carbocycles. The van der Waals surface area contributed by atoms with Crippen molar-refractivity contribution in [3.63, 3.8) is 0 Å². The number of rotatable bonds is 7. The van der Waals surface area contributed by atoms with E-state index in [0.29, 0.717) is 0 Å². The van der Waals surface area contributed by atoms with Crippen LogP contribution in [0.15, 0.2) is 46.7 Å². The molecular weight excluding hydrogens is 299 g/mol. The van der Waals surface area contributed by atoms with Gasteiger partial charge in [0.2, 0.25) is 0 Å². The monoisotopic (exact) mass is 330 g/mol. The summed E-state index contributed by atoms with van der Waals surface area (Å²) in [5.74, 6) is 0. The number of hydrogen-bond acceptors (Lipinski definition) is 2. The molecule has 0 fully saturated rings. The second-order valence-electron chi connectivity index (χ2n) is 7.23. The molecule has 1 rings (SSSR count). The zero-order valence-corrected chi connectivity index (χ0v) is 16.9. The Kier molecular flexibility index (Phi) is 7.56. The molecule has 0 unspecified atom stereocenters. The van der Waals surface area contributed by atoms with Gasteiger partial charge in [-0.3, -0.25) is 0 Å². The maximum atomic E-state index is 6.13. The molecule has 0 N–H and O–H groups in total. The van der Waals surface area contributed by atoms with Gasteiger partial charge in [-0.2, -0.15) is 0 Å². The highest BCUT2D eigenvalue weighted by molar-refractivity contribution is 7.04. The van der Waals surface area contributed by atoms with Crippen molar-refractivity contribution in [3.8, 4) is 0 Å². The fraction of sp³-hybridized carbons (Fsp3) is 0.526. The summed E-state index contributed by atoms with van der Waals surface area (Å²) in [5, 5.41) is 2.54. The Balaban J connectivity index is 3.40. The molecule has 0 saturated heterocycles. The molecule has 4 heteroatoms. The maximum absolute atomic E-state index is 6.13. The molecule has 2 nitrogen and oxygen atoms in total. The summed E-state index contributed by atoms with van der Waals surface area (Å²) in [6.45, 7) is 17.0. The van der Waals surface area contributed by atoms with Crippen LogP contribution in [-0.4, -0.2) is 27.4 Å². The fourth-order valence-electron chi connectivity index (χ4n) is 2.45. The minimum absolute atomic E-state index is 0.105. The Bertz CT molecular complexity index is 544. The van der Waals surface area contributed by atoms with E-state index < -0.39 is 8.07 Å². The van der Waals surface area contributed by atoms with Crippen molar-refractivity contribution in [1.29, 1.82) is 0 Å². The van der Waals surface area contributed by atoms with Crippen molar-refractivity contribution >= 4 is 20.4 Å². The smallest absolute Gasteiger partial charge is 0.405 e. The Labute approximate surface area is 143 Å². The molecule has 0 aliphatic heterocycles. The average Bonchev–Trinajstić information content (AvgIpc) is 2.43. The lowest BCUT2D eigenvalue weighted by atomic mass is 9.87. The summed E-state index contributed by atoms with van der Waals surface area (Å²) in [4.78, 5) is 0. The lowest BCUT2D eigenvalue weighted by Gasteiger charge is -2.30. The third kappa shape index (κ3) is 6.15. The molecule has 0 atom stereocenters. The first-order valence-corrected chi connectivity index (χ1v) is 11.5. The van der Waals surface area contributed by atoms with Gasteiger partial charge in [0.25, 0.3) is 0 Å². The molecule has 0 radical (unpaired) electrons. The van der Waals surface area contributed by atoms with Crippen molar-refractivity contribution in [2.45, 2.75) is 66.8 Å². The molecule has 0 bridgehead atoms. The highest BCUT2D eigenvalue weighted by Gasteiger charge is 2.39. The summed E-state index contributed by atoms with van der Waals surface area (Å²) in [5.41, 5.74) is 4.73. The Morgan fingerprint density at radius 3 is 1.83 bits per heavy atom. The molecule has 0 saturated carbocycles. The van der Waals surface area contributed by atoms with Gasteiger partial charge in [-0.1, -0.05) is 48.6 Å². The van der Waals surface area contributed by atoms with Gasteiger partial charge < -0.3 is 9.31 Å². The molecule has 0 amide bonds. The van der Waals surface area contributed by atoms with Gasteiger partial charge in [0.15, 0.2) is 0 Å². The first kappa shape index (κ1) is 20.0. The van der Waals surface area contributed by atoms with E-state index in [1.165, 1.54) is 10.3 Å². The Morgan fingerprint density at radius 1 is 0.957 bits per heavy atom. The van der Waals surface area contributed by atoms with E-state index >= 15 is 0 Å². The minimum atomic E-state index is -1.93. The topological polar surface area (TPSA) is 18.5 Å². The Hall–Kier alpha value is -1.06. The fourth-order valence-corrected chi connectivity index (χ4v) is 5.08. The van der Waals surface area contributed by atoms with Crippen LogP contribution in [0.5, 0.6) is 0 Å². The highest BCUT2D eigenvalue weighted by atomic mass is 28.3. The van der Waals surface area contributed by atoms with Crippen LogP contribution in [-0.2, 0) is 9.31 Å². The molecule has 126 valence electrons. The van der Waals surface area contributed by atoms with E-state index in [1.807, 2.05) is 27.7 Å². The van der Waals surface area contributed by atoms with Crippen molar-refractivity contribution < 1.29 is 9.31 Å². The third-order valence-electron chi connectivity index (χ3n) is 3.58. The normalized spacial score (nSPS) is 11.6. The minimum Gasteiger partial charge on any atom is -0.405 e. The van der Waals surface area contributed by atoms with Crippen LogP contribution in [0.2, 0.25) is 13.1 Å². The zero-order chi connectivity index (χ0) is 17.6. The number of benzene rings is 1. The SMILES string of the molecule is CC(C)=C=C(B(OC(C)C)OC(C)C)[Si](C)(C)c1ccccc1. The molecule has 0 aliphatic rings. The summed E-state index contributed by atoms with van der Waals surface area (Å²) in [6.07, 6.45) is 0.210. The number of allylic oxidation sites excluding steroid dienone is 1. The van der Waals surface area contributed by atoms with Gasteiger partial charge in [-0.25, -0.2) is 0 Å². The second kappa shape index (κ2) is 8.70. The van der Waals surface area contributed by atoms with Crippen LogP contribution < -0.4 is 5.19 Å². The molecule has 0 spiro atoms.